The summed E-state index contributed by atoms with van der Waals surface area (Å²) >= 11 is 0. The Morgan fingerprint density at radius 2 is 1.38 bits per heavy atom. The summed E-state index contributed by atoms with van der Waals surface area (Å²) in [6, 6.07) is 4.07. The van der Waals surface area contributed by atoms with Gasteiger partial charge in [-0.1, -0.05) is 0 Å². The predicted octanol–water partition coefficient (Wildman–Crippen LogP) is 3.73. The van der Waals surface area contributed by atoms with E-state index >= 15 is 0 Å². The van der Waals surface area contributed by atoms with E-state index in [1.165, 1.54) is 19.3 Å². The molecular formula is C19H21F3N2O2. The number of carbonyl (C=O) groups excluding carboxylic acids is 2. The average molecular weight is 366 g/mol. The number of carbonyl (C=O) groups is 2. The molecule has 4 aliphatic carbocycles. The van der Waals surface area contributed by atoms with Gasteiger partial charge in [0.1, 0.15) is 0 Å². The molecule has 4 saturated carbocycles. The normalized spacial score (nSPS) is 32.3. The lowest BCUT2D eigenvalue weighted by Gasteiger charge is -2.56. The zero-order valence-electron chi connectivity index (χ0n) is 14.2. The minimum Gasteiger partial charge on any atom is -0.342 e. The van der Waals surface area contributed by atoms with Gasteiger partial charge in [0.2, 0.25) is 0 Å². The molecule has 4 aliphatic rings. The number of alkyl halides is 3. The molecule has 0 spiro atoms. The van der Waals surface area contributed by atoms with Crippen molar-refractivity contribution in [1.29, 1.82) is 0 Å². The van der Waals surface area contributed by atoms with Crippen molar-refractivity contribution in [2.45, 2.75) is 50.2 Å². The fourth-order valence-electron chi connectivity index (χ4n) is 5.49. The Morgan fingerprint density at radius 1 is 0.885 bits per heavy atom. The van der Waals surface area contributed by atoms with E-state index in [-0.39, 0.29) is 11.2 Å². The van der Waals surface area contributed by atoms with E-state index < -0.39 is 23.6 Å². The molecule has 2 N–H and O–H groups in total. The highest BCUT2D eigenvalue weighted by atomic mass is 19.4. The molecule has 0 aliphatic heterocycles. The number of anilines is 1. The van der Waals surface area contributed by atoms with Crippen molar-refractivity contribution in [2.24, 2.45) is 17.8 Å². The third-order valence-corrected chi connectivity index (χ3v) is 6.09. The van der Waals surface area contributed by atoms with Gasteiger partial charge in [0, 0.05) is 11.2 Å². The molecule has 0 heterocycles. The number of amides is 2. The SMILES string of the molecule is O=C(Nc1ccc(C(F)(F)F)cc1)C(=O)NC12CC3CC(CC(C3)C1)C2. The van der Waals surface area contributed by atoms with Gasteiger partial charge in [-0.25, -0.2) is 0 Å². The van der Waals surface area contributed by atoms with Gasteiger partial charge in [0.15, 0.2) is 0 Å². The van der Waals surface area contributed by atoms with Crippen LogP contribution in [0.15, 0.2) is 24.3 Å². The van der Waals surface area contributed by atoms with Gasteiger partial charge >= 0.3 is 18.0 Å². The highest BCUT2D eigenvalue weighted by molar-refractivity contribution is 6.39. The Morgan fingerprint density at radius 3 is 1.85 bits per heavy atom. The van der Waals surface area contributed by atoms with E-state index in [0.29, 0.717) is 17.8 Å². The monoisotopic (exact) mass is 366 g/mol. The summed E-state index contributed by atoms with van der Waals surface area (Å²) in [5.41, 5.74) is -0.902. The van der Waals surface area contributed by atoms with Crippen LogP contribution in [0, 0.1) is 17.8 Å². The second kappa shape index (κ2) is 5.99. The molecule has 0 saturated heterocycles. The molecule has 5 rings (SSSR count). The van der Waals surface area contributed by atoms with E-state index in [2.05, 4.69) is 10.6 Å². The van der Waals surface area contributed by atoms with Gasteiger partial charge in [-0.15, -0.1) is 0 Å². The summed E-state index contributed by atoms with van der Waals surface area (Å²) in [4.78, 5) is 24.5. The summed E-state index contributed by atoms with van der Waals surface area (Å²) in [6.45, 7) is 0. The van der Waals surface area contributed by atoms with Crippen molar-refractivity contribution in [3.8, 4) is 0 Å². The lowest BCUT2D eigenvalue weighted by molar-refractivity contribution is -0.139. The van der Waals surface area contributed by atoms with E-state index in [0.717, 1.165) is 43.5 Å². The molecule has 1 aromatic rings. The van der Waals surface area contributed by atoms with Crippen molar-refractivity contribution in [2.75, 3.05) is 5.32 Å². The number of hydrogen-bond acceptors (Lipinski definition) is 2. The third kappa shape index (κ3) is 3.31. The standard InChI is InChI=1S/C19H21F3N2O2/c20-19(21,22)14-1-3-15(4-2-14)23-16(25)17(26)24-18-8-11-5-12(9-18)7-13(6-11)10-18/h1-4,11-13H,5-10H2,(H,23,25)(H,24,26). The second-order valence-corrected chi connectivity index (χ2v) is 8.18. The molecule has 4 nitrogen and oxygen atoms in total. The second-order valence-electron chi connectivity index (χ2n) is 8.18. The summed E-state index contributed by atoms with van der Waals surface area (Å²) in [7, 11) is 0. The van der Waals surface area contributed by atoms with Crippen LogP contribution in [0.3, 0.4) is 0 Å². The number of hydrogen-bond donors (Lipinski definition) is 2. The summed E-state index contributed by atoms with van der Waals surface area (Å²) in [5, 5.41) is 5.33. The van der Waals surface area contributed by atoms with Crippen molar-refractivity contribution in [1.82, 2.24) is 5.32 Å². The molecule has 140 valence electrons. The minimum atomic E-state index is -4.43. The minimum absolute atomic E-state index is 0.170. The molecule has 4 bridgehead atoms. The fraction of sp³-hybridized carbons (Fsp3) is 0.579. The van der Waals surface area contributed by atoms with Crippen LogP contribution in [0.4, 0.5) is 18.9 Å². The first-order chi connectivity index (χ1) is 12.2. The van der Waals surface area contributed by atoms with Gasteiger partial charge in [0.05, 0.1) is 5.56 Å². The van der Waals surface area contributed by atoms with Crippen molar-refractivity contribution in [3.05, 3.63) is 29.8 Å². The molecule has 2 amide bonds. The number of nitrogens with one attached hydrogen (secondary N) is 2. The fourth-order valence-corrected chi connectivity index (χ4v) is 5.49. The summed E-state index contributed by atoms with van der Waals surface area (Å²) in [6.07, 6.45) is 2.04. The van der Waals surface area contributed by atoms with Gasteiger partial charge in [-0.3, -0.25) is 9.59 Å². The maximum absolute atomic E-state index is 12.6. The average Bonchev–Trinajstić information content (AvgIpc) is 2.52. The first-order valence-electron chi connectivity index (χ1n) is 9.03. The zero-order chi connectivity index (χ0) is 18.5. The first-order valence-corrected chi connectivity index (χ1v) is 9.03. The summed E-state index contributed by atoms with van der Waals surface area (Å²) < 4.78 is 37.7. The maximum atomic E-state index is 12.6. The van der Waals surface area contributed by atoms with E-state index in [1.807, 2.05) is 0 Å². The van der Waals surface area contributed by atoms with Gasteiger partial charge in [0.25, 0.3) is 0 Å². The smallest absolute Gasteiger partial charge is 0.342 e. The highest BCUT2D eigenvalue weighted by Crippen LogP contribution is 2.55. The van der Waals surface area contributed by atoms with E-state index in [9.17, 15) is 22.8 Å². The quantitative estimate of drug-likeness (QED) is 0.784. The Bertz CT molecular complexity index is 692. The molecule has 26 heavy (non-hydrogen) atoms. The molecular weight excluding hydrogens is 345 g/mol. The lowest BCUT2D eigenvalue weighted by atomic mass is 9.53. The van der Waals surface area contributed by atoms with Crippen molar-refractivity contribution < 1.29 is 22.8 Å². The van der Waals surface area contributed by atoms with Crippen LogP contribution in [0.25, 0.3) is 0 Å². The van der Waals surface area contributed by atoms with Crippen LogP contribution in [0.5, 0.6) is 0 Å². The summed E-state index contributed by atoms with van der Waals surface area (Å²) in [5.74, 6) is 0.380. The highest BCUT2D eigenvalue weighted by Gasteiger charge is 2.51. The number of rotatable bonds is 2. The lowest BCUT2D eigenvalue weighted by Crippen LogP contribution is -2.61. The maximum Gasteiger partial charge on any atom is 0.416 e. The van der Waals surface area contributed by atoms with Crippen LogP contribution >= 0.6 is 0 Å². The molecule has 7 heteroatoms. The van der Waals surface area contributed by atoms with Crippen LogP contribution in [0.2, 0.25) is 0 Å². The molecule has 0 unspecified atom stereocenters. The van der Waals surface area contributed by atoms with Gasteiger partial charge in [-0.05, 0) is 80.5 Å². The van der Waals surface area contributed by atoms with Crippen LogP contribution in [-0.2, 0) is 15.8 Å². The third-order valence-electron chi connectivity index (χ3n) is 6.09. The number of benzene rings is 1. The Hall–Kier alpha value is -2.05. The largest absolute Gasteiger partial charge is 0.416 e. The van der Waals surface area contributed by atoms with Gasteiger partial charge < -0.3 is 10.6 Å². The van der Waals surface area contributed by atoms with Crippen LogP contribution in [-0.4, -0.2) is 17.4 Å². The van der Waals surface area contributed by atoms with Crippen molar-refractivity contribution >= 4 is 17.5 Å². The molecule has 0 radical (unpaired) electrons. The van der Waals surface area contributed by atoms with Crippen LogP contribution < -0.4 is 10.6 Å². The Balaban J connectivity index is 1.39. The topological polar surface area (TPSA) is 58.2 Å². The zero-order valence-corrected chi connectivity index (χ0v) is 14.2. The first kappa shape index (κ1) is 17.4. The van der Waals surface area contributed by atoms with Crippen molar-refractivity contribution in [3.63, 3.8) is 0 Å². The number of halogens is 3. The Kier molecular flexibility index (Phi) is 4.00. The van der Waals surface area contributed by atoms with Crippen LogP contribution in [0.1, 0.15) is 44.1 Å². The predicted molar refractivity (Wildman–Crippen MR) is 89.1 cm³/mol. The van der Waals surface area contributed by atoms with E-state index in [1.54, 1.807) is 0 Å². The van der Waals surface area contributed by atoms with E-state index in [4.69, 9.17) is 0 Å². The molecule has 0 aromatic heterocycles. The Labute approximate surface area is 149 Å². The molecule has 4 fully saturated rings. The molecule has 0 atom stereocenters. The molecule has 1 aromatic carbocycles. The van der Waals surface area contributed by atoms with Gasteiger partial charge in [-0.2, -0.15) is 13.2 Å².